The van der Waals surface area contributed by atoms with Crippen molar-refractivity contribution in [2.24, 2.45) is 4.99 Å². The highest BCUT2D eigenvalue weighted by Gasteiger charge is 2.05. The Morgan fingerprint density at radius 2 is 1.88 bits per heavy atom. The number of hydrogen-bond acceptors (Lipinski definition) is 4. The Hall–Kier alpha value is -1.13. The van der Waals surface area contributed by atoms with Gasteiger partial charge in [-0.3, -0.25) is 0 Å². The van der Waals surface area contributed by atoms with E-state index in [0.717, 1.165) is 25.5 Å². The van der Waals surface area contributed by atoms with Gasteiger partial charge >= 0.3 is 0 Å². The third-order valence-corrected chi connectivity index (χ3v) is 3.19. The zero-order valence-corrected chi connectivity index (χ0v) is 18.1. The number of halogens is 2. The number of nitrogens with one attached hydrogen (secondary N) is 2. The molecule has 0 radical (unpaired) electrons. The number of benzene rings is 1. The van der Waals surface area contributed by atoms with Crippen LogP contribution in [0.5, 0.6) is 5.75 Å². The summed E-state index contributed by atoms with van der Waals surface area (Å²) in [6.45, 7) is 7.90. The minimum Gasteiger partial charge on any atom is -0.489 e. The van der Waals surface area contributed by atoms with Crippen LogP contribution in [0.3, 0.4) is 0 Å². The minimum absolute atomic E-state index is 0. The molecule has 0 heterocycles. The van der Waals surface area contributed by atoms with E-state index in [0.29, 0.717) is 32.1 Å². The standard InChI is InChI=1S/C18H30FN3O3.HI/c1-4-20-18(21-10-5-11-24-13-12-23-3)22-14-15(2)25-17-8-6-16(19)7-9-17;/h6-9,15H,4-5,10-14H2,1-3H3,(H2,20,21,22);1H. The van der Waals surface area contributed by atoms with Crippen LogP contribution in [0.4, 0.5) is 4.39 Å². The van der Waals surface area contributed by atoms with E-state index in [9.17, 15) is 4.39 Å². The molecule has 0 saturated heterocycles. The summed E-state index contributed by atoms with van der Waals surface area (Å²) >= 11 is 0. The lowest BCUT2D eigenvalue weighted by atomic mass is 10.3. The summed E-state index contributed by atoms with van der Waals surface area (Å²) in [6, 6.07) is 5.99. The fraction of sp³-hybridized carbons (Fsp3) is 0.611. The van der Waals surface area contributed by atoms with Crippen LogP contribution in [-0.4, -0.2) is 58.6 Å². The van der Waals surface area contributed by atoms with Gasteiger partial charge in [-0.25, -0.2) is 9.38 Å². The number of nitrogens with zero attached hydrogens (tertiary/aromatic N) is 1. The van der Waals surface area contributed by atoms with Crippen LogP contribution in [0.25, 0.3) is 0 Å². The largest absolute Gasteiger partial charge is 0.489 e. The Morgan fingerprint density at radius 3 is 2.54 bits per heavy atom. The highest BCUT2D eigenvalue weighted by atomic mass is 127. The van der Waals surface area contributed by atoms with Gasteiger partial charge in [0.1, 0.15) is 17.7 Å². The summed E-state index contributed by atoms with van der Waals surface area (Å²) in [7, 11) is 1.66. The lowest BCUT2D eigenvalue weighted by Crippen LogP contribution is -2.38. The fourth-order valence-corrected chi connectivity index (χ4v) is 1.97. The average Bonchev–Trinajstić information content (AvgIpc) is 2.60. The Labute approximate surface area is 172 Å². The SMILES string of the molecule is CCNC(=NCC(C)Oc1ccc(F)cc1)NCCCOCCOC.I. The third kappa shape index (κ3) is 12.3. The Balaban J connectivity index is 0.00000625. The summed E-state index contributed by atoms with van der Waals surface area (Å²) in [5.74, 6) is 1.10. The van der Waals surface area contributed by atoms with Gasteiger partial charge in [0.25, 0.3) is 0 Å². The maximum atomic E-state index is 12.9. The summed E-state index contributed by atoms with van der Waals surface area (Å²) in [5.41, 5.74) is 0. The summed E-state index contributed by atoms with van der Waals surface area (Å²) < 4.78 is 28.9. The third-order valence-electron chi connectivity index (χ3n) is 3.19. The van der Waals surface area contributed by atoms with Crippen molar-refractivity contribution in [1.29, 1.82) is 0 Å². The quantitative estimate of drug-likeness (QED) is 0.207. The molecule has 1 rings (SSSR count). The van der Waals surface area contributed by atoms with Crippen molar-refractivity contribution >= 4 is 29.9 Å². The molecule has 0 saturated carbocycles. The molecule has 6 nitrogen and oxygen atoms in total. The fourth-order valence-electron chi connectivity index (χ4n) is 1.97. The molecule has 0 fully saturated rings. The van der Waals surface area contributed by atoms with Crippen LogP contribution in [0.1, 0.15) is 20.3 Å². The van der Waals surface area contributed by atoms with Crippen LogP contribution >= 0.6 is 24.0 Å². The van der Waals surface area contributed by atoms with Gasteiger partial charge in [0, 0.05) is 26.8 Å². The first kappa shape index (κ1) is 24.9. The molecule has 0 amide bonds. The van der Waals surface area contributed by atoms with Gasteiger partial charge in [0.15, 0.2) is 5.96 Å². The lowest BCUT2D eigenvalue weighted by molar-refractivity contribution is 0.0698. The molecule has 1 aromatic carbocycles. The van der Waals surface area contributed by atoms with E-state index in [1.165, 1.54) is 12.1 Å². The molecule has 8 heteroatoms. The predicted molar refractivity (Wildman–Crippen MR) is 113 cm³/mol. The van der Waals surface area contributed by atoms with Gasteiger partial charge in [-0.05, 0) is 44.5 Å². The first-order chi connectivity index (χ1) is 12.2. The molecule has 0 aliphatic carbocycles. The van der Waals surface area contributed by atoms with Gasteiger partial charge in [0.2, 0.25) is 0 Å². The van der Waals surface area contributed by atoms with E-state index in [2.05, 4.69) is 15.6 Å². The average molecular weight is 483 g/mol. The summed E-state index contributed by atoms with van der Waals surface area (Å²) in [4.78, 5) is 4.51. The molecule has 1 atom stereocenters. The Morgan fingerprint density at radius 1 is 1.15 bits per heavy atom. The lowest BCUT2D eigenvalue weighted by Gasteiger charge is -2.15. The van der Waals surface area contributed by atoms with Crippen molar-refractivity contribution < 1.29 is 18.6 Å². The molecule has 150 valence electrons. The van der Waals surface area contributed by atoms with E-state index in [1.807, 2.05) is 13.8 Å². The van der Waals surface area contributed by atoms with E-state index < -0.39 is 0 Å². The van der Waals surface area contributed by atoms with Crippen molar-refractivity contribution in [3.8, 4) is 5.75 Å². The van der Waals surface area contributed by atoms with Crippen molar-refractivity contribution in [2.75, 3.05) is 46.6 Å². The zero-order valence-electron chi connectivity index (χ0n) is 15.8. The second-order valence-electron chi connectivity index (χ2n) is 5.49. The van der Waals surface area contributed by atoms with Crippen molar-refractivity contribution in [2.45, 2.75) is 26.4 Å². The molecule has 26 heavy (non-hydrogen) atoms. The number of hydrogen-bond donors (Lipinski definition) is 2. The van der Waals surface area contributed by atoms with Crippen molar-refractivity contribution in [3.05, 3.63) is 30.1 Å². The molecule has 0 spiro atoms. The molecular formula is C18H31FIN3O3. The molecule has 1 unspecified atom stereocenters. The highest BCUT2D eigenvalue weighted by Crippen LogP contribution is 2.12. The van der Waals surface area contributed by atoms with Crippen LogP contribution < -0.4 is 15.4 Å². The van der Waals surface area contributed by atoms with Gasteiger partial charge < -0.3 is 24.8 Å². The van der Waals surface area contributed by atoms with Gasteiger partial charge in [-0.15, -0.1) is 24.0 Å². The number of guanidine groups is 1. The minimum atomic E-state index is -0.275. The van der Waals surface area contributed by atoms with Crippen LogP contribution in [-0.2, 0) is 9.47 Å². The highest BCUT2D eigenvalue weighted by molar-refractivity contribution is 14.0. The van der Waals surface area contributed by atoms with Gasteiger partial charge in [-0.1, -0.05) is 0 Å². The zero-order chi connectivity index (χ0) is 18.3. The molecule has 0 aliphatic rings. The Bertz CT molecular complexity index is 489. The first-order valence-electron chi connectivity index (χ1n) is 8.66. The molecule has 2 N–H and O–H groups in total. The van der Waals surface area contributed by atoms with E-state index in [1.54, 1.807) is 19.2 Å². The number of methoxy groups -OCH3 is 1. The smallest absolute Gasteiger partial charge is 0.191 e. The van der Waals surface area contributed by atoms with Crippen molar-refractivity contribution in [3.63, 3.8) is 0 Å². The molecule has 1 aromatic rings. The van der Waals surface area contributed by atoms with Crippen LogP contribution in [0.2, 0.25) is 0 Å². The molecule has 0 aliphatic heterocycles. The monoisotopic (exact) mass is 483 g/mol. The number of rotatable bonds is 12. The number of aliphatic imine (C=N–C) groups is 1. The van der Waals surface area contributed by atoms with Crippen LogP contribution in [0, 0.1) is 5.82 Å². The first-order valence-corrected chi connectivity index (χ1v) is 8.66. The second-order valence-corrected chi connectivity index (χ2v) is 5.49. The van der Waals surface area contributed by atoms with E-state index in [4.69, 9.17) is 14.2 Å². The Kier molecular flexibility index (Phi) is 15.4. The van der Waals surface area contributed by atoms with Gasteiger partial charge in [-0.2, -0.15) is 0 Å². The number of ether oxygens (including phenoxy) is 3. The van der Waals surface area contributed by atoms with E-state index in [-0.39, 0.29) is 35.9 Å². The normalized spacial score (nSPS) is 12.2. The van der Waals surface area contributed by atoms with Crippen LogP contribution in [0.15, 0.2) is 29.3 Å². The van der Waals surface area contributed by atoms with Crippen molar-refractivity contribution in [1.82, 2.24) is 10.6 Å². The molecular weight excluding hydrogens is 452 g/mol. The molecule has 0 aromatic heterocycles. The van der Waals surface area contributed by atoms with Gasteiger partial charge in [0.05, 0.1) is 19.8 Å². The molecule has 0 bridgehead atoms. The summed E-state index contributed by atoms with van der Waals surface area (Å²) in [6.07, 6.45) is 0.772. The maximum absolute atomic E-state index is 12.9. The maximum Gasteiger partial charge on any atom is 0.191 e. The summed E-state index contributed by atoms with van der Waals surface area (Å²) in [5, 5.41) is 6.45. The second kappa shape index (κ2) is 16.1. The van der Waals surface area contributed by atoms with E-state index >= 15 is 0 Å². The predicted octanol–water partition coefficient (Wildman–Crippen LogP) is 2.82. The topological polar surface area (TPSA) is 64.1 Å².